The van der Waals surface area contributed by atoms with Crippen molar-refractivity contribution < 1.29 is 46.2 Å². The van der Waals surface area contributed by atoms with Crippen molar-refractivity contribution in [1.29, 1.82) is 0 Å². The van der Waals surface area contributed by atoms with Crippen LogP contribution in [0.3, 0.4) is 0 Å². The van der Waals surface area contributed by atoms with E-state index in [9.17, 15) is 9.90 Å². The molecule has 1 saturated heterocycles. The van der Waals surface area contributed by atoms with Gasteiger partial charge in [-0.3, -0.25) is 0 Å². The molecule has 458 valence electrons. The first kappa shape index (κ1) is 73.6. The van der Waals surface area contributed by atoms with Gasteiger partial charge in [0.05, 0.1) is 50.3 Å². The standard InChI is InChI=1S/C64H122O10Si5/c1-50(58(74-79(25,26)64(14,15)16)49-67-47-51-36-29-27-30-37-51)46-57-56(69-59(66)70-57)45-32-28-31-38-52(65)39-33-40-53(71-76(19,20)61(5,6)7)41-34-42-54(72-77(21,22)62(8,9)10)43-35-44-55(73-78(23,24)63(11,12)13)48-68-75(17,18)60(2,3)4/h27,29-30,33-37,40-41,43,50,52-58,65H,28,31-32,38-39,42,44-49H2,1-26H3/b40-33-,41-34+,43-35+/t50-,52+,53+,54+,55-,56-,57-,58-/m0/s1. The molecule has 0 radical (unpaired) electrons. The maximum Gasteiger partial charge on any atom is 0.509 e. The minimum Gasteiger partial charge on any atom is -0.427 e. The number of carbonyl (C=O) groups excluding carboxylic acids is 1. The number of hydrogen-bond acceptors (Lipinski definition) is 10. The van der Waals surface area contributed by atoms with Crippen molar-refractivity contribution in [2.75, 3.05) is 13.2 Å². The SMILES string of the molecule is C[C@@H](C[C@@H]1OC(=O)O[C@H]1CCCCC[C@@H](O)C/C=C\[C@H](/C=C/C[C@H](/C=C/C[C@@H](CO[Si](C)(C)C(C)(C)C)O[Si](C)(C)C(C)(C)C)O[Si](C)(C)C(C)(C)C)O[Si](C)(C)C(C)(C)C)[C@H](COCc1ccccc1)O[Si](C)(C)C(C)(C)C. The first-order valence-electron chi connectivity index (χ1n) is 30.3. The molecule has 79 heavy (non-hydrogen) atoms. The smallest absolute Gasteiger partial charge is 0.427 e. The number of benzene rings is 1. The molecule has 0 saturated carbocycles. The zero-order chi connectivity index (χ0) is 60.7. The maximum atomic E-state index is 12.6. The first-order chi connectivity index (χ1) is 35.8. The molecule has 0 spiro atoms. The summed E-state index contributed by atoms with van der Waals surface area (Å²) in [4.78, 5) is 12.6. The van der Waals surface area contributed by atoms with Crippen molar-refractivity contribution in [1.82, 2.24) is 0 Å². The van der Waals surface area contributed by atoms with E-state index in [-0.39, 0.29) is 67.7 Å². The van der Waals surface area contributed by atoms with Crippen LogP contribution in [0.2, 0.25) is 90.7 Å². The van der Waals surface area contributed by atoms with Crippen molar-refractivity contribution >= 4 is 47.7 Å². The number of aliphatic hydroxyl groups excluding tert-OH is 1. The minimum absolute atomic E-state index is 0.0286. The highest BCUT2D eigenvalue weighted by molar-refractivity contribution is 6.75. The van der Waals surface area contributed by atoms with Gasteiger partial charge in [0.25, 0.3) is 0 Å². The lowest BCUT2D eigenvalue weighted by atomic mass is 9.93. The molecule has 2 rings (SSSR count). The molecule has 1 aliphatic heterocycles. The van der Waals surface area contributed by atoms with E-state index in [2.05, 4.69) is 225 Å². The van der Waals surface area contributed by atoms with E-state index >= 15 is 0 Å². The Hall–Kier alpha value is -1.49. The van der Waals surface area contributed by atoms with Gasteiger partial charge in [0.15, 0.2) is 41.6 Å². The predicted octanol–water partition coefficient (Wildman–Crippen LogP) is 18.9. The molecule has 1 aliphatic rings. The molecule has 10 nitrogen and oxygen atoms in total. The highest BCUT2D eigenvalue weighted by atomic mass is 28.4. The molecule has 1 N–H and O–H groups in total. The number of rotatable bonds is 33. The lowest BCUT2D eigenvalue weighted by Crippen LogP contribution is -2.47. The molecule has 0 aromatic heterocycles. The van der Waals surface area contributed by atoms with Crippen molar-refractivity contribution in [3.05, 3.63) is 72.4 Å². The largest absolute Gasteiger partial charge is 0.509 e. The average Bonchev–Trinajstić information content (AvgIpc) is 3.63. The monoisotopic (exact) mass is 1190 g/mol. The molecule has 0 aliphatic carbocycles. The topological polar surface area (TPSA) is 111 Å². The average molecular weight is 1190 g/mol. The van der Waals surface area contributed by atoms with Gasteiger partial charge >= 0.3 is 6.16 Å². The van der Waals surface area contributed by atoms with Gasteiger partial charge in [0.1, 0.15) is 12.2 Å². The number of carbonyl (C=O) groups is 1. The maximum absolute atomic E-state index is 12.6. The summed E-state index contributed by atoms with van der Waals surface area (Å²) in [5.74, 6) is 0.0772. The van der Waals surface area contributed by atoms with Crippen LogP contribution in [-0.4, -0.2) is 109 Å². The van der Waals surface area contributed by atoms with Gasteiger partial charge in [-0.2, -0.15) is 0 Å². The van der Waals surface area contributed by atoms with Crippen molar-refractivity contribution in [3.63, 3.8) is 0 Å². The van der Waals surface area contributed by atoms with Crippen molar-refractivity contribution in [3.8, 4) is 0 Å². The summed E-state index contributed by atoms with van der Waals surface area (Å²) < 4.78 is 52.8. The van der Waals surface area contributed by atoms with E-state index in [1.807, 2.05) is 18.2 Å². The Labute approximate surface area is 491 Å². The van der Waals surface area contributed by atoms with Crippen LogP contribution in [0.5, 0.6) is 0 Å². The third-order valence-electron chi connectivity index (χ3n) is 18.7. The van der Waals surface area contributed by atoms with Crippen LogP contribution < -0.4 is 0 Å². The van der Waals surface area contributed by atoms with E-state index in [1.165, 1.54) is 0 Å². The fraction of sp³-hybridized carbons (Fsp3) is 0.797. The van der Waals surface area contributed by atoms with E-state index < -0.39 is 53.8 Å². The third-order valence-corrected chi connectivity index (χ3v) is 41.2. The molecule has 1 heterocycles. The van der Waals surface area contributed by atoms with Gasteiger partial charge < -0.3 is 41.4 Å². The van der Waals surface area contributed by atoms with E-state index in [0.29, 0.717) is 51.9 Å². The number of ether oxygens (including phenoxy) is 3. The molecule has 1 aromatic rings. The fourth-order valence-corrected chi connectivity index (χ4v) is 14.2. The van der Waals surface area contributed by atoms with Gasteiger partial charge in [-0.25, -0.2) is 4.79 Å². The summed E-state index contributed by atoms with van der Waals surface area (Å²) in [6.45, 7) is 61.1. The first-order valence-corrected chi connectivity index (χ1v) is 44.9. The molecule has 1 aromatic carbocycles. The van der Waals surface area contributed by atoms with Crippen LogP contribution in [0.1, 0.15) is 174 Å². The van der Waals surface area contributed by atoms with Crippen molar-refractivity contribution in [2.45, 2.75) is 309 Å². The molecule has 8 atom stereocenters. The third kappa shape index (κ3) is 25.3. The number of aliphatic hydroxyl groups is 1. The number of cyclic esters (lactones) is 2. The Bertz CT molecular complexity index is 2020. The van der Waals surface area contributed by atoms with Crippen LogP contribution >= 0.6 is 0 Å². The van der Waals surface area contributed by atoms with Crippen LogP contribution in [0.25, 0.3) is 0 Å². The second kappa shape index (κ2) is 30.5. The Morgan fingerprint density at radius 2 is 1.04 bits per heavy atom. The number of unbranched alkanes of at least 4 members (excludes halogenated alkanes) is 2. The van der Waals surface area contributed by atoms with Gasteiger partial charge in [0, 0.05) is 0 Å². The van der Waals surface area contributed by atoms with E-state index in [0.717, 1.165) is 31.2 Å². The normalized spacial score (nSPS) is 19.5. The minimum atomic E-state index is -2.16. The lowest BCUT2D eigenvalue weighted by molar-refractivity contribution is -0.00471. The van der Waals surface area contributed by atoms with Gasteiger partial charge in [-0.15, -0.1) is 0 Å². The summed E-state index contributed by atoms with van der Waals surface area (Å²) >= 11 is 0. The highest BCUT2D eigenvalue weighted by Crippen LogP contribution is 2.43. The number of hydrogen-bond donors (Lipinski definition) is 1. The Kier molecular flexibility index (Phi) is 28.5. The summed E-state index contributed by atoms with van der Waals surface area (Å²) in [5.41, 5.74) is 1.13. The van der Waals surface area contributed by atoms with Crippen molar-refractivity contribution in [2.24, 2.45) is 5.92 Å². The van der Waals surface area contributed by atoms with Crippen LogP contribution in [-0.2, 0) is 42.9 Å². The highest BCUT2D eigenvalue weighted by Gasteiger charge is 2.45. The second-order valence-electron chi connectivity index (χ2n) is 30.8. The predicted molar refractivity (Wildman–Crippen MR) is 347 cm³/mol. The summed E-state index contributed by atoms with van der Waals surface area (Å²) in [7, 11) is -10.5. The van der Waals surface area contributed by atoms with Gasteiger partial charge in [0.2, 0.25) is 0 Å². The second-order valence-corrected chi connectivity index (χ2v) is 54.6. The lowest BCUT2D eigenvalue weighted by Gasteiger charge is -2.41. The van der Waals surface area contributed by atoms with E-state index in [1.54, 1.807) is 0 Å². The molecule has 15 heteroatoms. The summed E-state index contributed by atoms with van der Waals surface area (Å²) in [6.07, 6.45) is 17.7. The van der Waals surface area contributed by atoms with E-state index in [4.69, 9.17) is 36.3 Å². The van der Waals surface area contributed by atoms with Crippen LogP contribution in [0, 0.1) is 5.92 Å². The molecule has 0 bridgehead atoms. The van der Waals surface area contributed by atoms with Gasteiger partial charge in [-0.05, 0) is 147 Å². The molecular formula is C64H122O10Si5. The molecular weight excluding hydrogens is 1070 g/mol. The summed E-state index contributed by atoms with van der Waals surface area (Å²) in [5, 5.41) is 11.6. The molecule has 0 amide bonds. The van der Waals surface area contributed by atoms with Crippen LogP contribution in [0.15, 0.2) is 66.8 Å². The molecule has 0 unspecified atom stereocenters. The summed E-state index contributed by atoms with van der Waals surface area (Å²) in [6, 6.07) is 10.2. The Morgan fingerprint density at radius 1 is 0.557 bits per heavy atom. The Morgan fingerprint density at radius 3 is 1.58 bits per heavy atom. The van der Waals surface area contributed by atoms with Crippen LogP contribution in [0.4, 0.5) is 4.79 Å². The zero-order valence-corrected chi connectivity index (χ0v) is 60.6. The van der Waals surface area contributed by atoms with Gasteiger partial charge in [-0.1, -0.05) is 190 Å². The molecule has 1 fully saturated rings. The zero-order valence-electron chi connectivity index (χ0n) is 55.6. The fourth-order valence-electron chi connectivity index (χ4n) is 7.89. The quantitative estimate of drug-likeness (QED) is 0.0316. The Balaban J connectivity index is 2.17.